The number of benzene rings is 3. The summed E-state index contributed by atoms with van der Waals surface area (Å²) in [5.74, 6) is 0.468. The van der Waals surface area contributed by atoms with Crippen molar-refractivity contribution in [2.75, 3.05) is 11.9 Å². The van der Waals surface area contributed by atoms with Crippen molar-refractivity contribution in [2.24, 2.45) is 0 Å². The van der Waals surface area contributed by atoms with Crippen molar-refractivity contribution in [3.8, 4) is 23.0 Å². The average Bonchev–Trinajstić information content (AvgIpc) is 3.13. The van der Waals surface area contributed by atoms with Crippen LogP contribution in [0.1, 0.15) is 0 Å². The number of oxazole rings is 1. The molecule has 0 aliphatic heterocycles. The van der Waals surface area contributed by atoms with Gasteiger partial charge in [0.05, 0.1) is 5.56 Å². The Morgan fingerprint density at radius 1 is 1.11 bits per heavy atom. The Morgan fingerprint density at radius 3 is 2.68 bits per heavy atom. The number of halogens is 1. The van der Waals surface area contributed by atoms with Gasteiger partial charge in [0.15, 0.2) is 12.2 Å². The van der Waals surface area contributed by atoms with Crippen LogP contribution >= 0.6 is 11.6 Å². The van der Waals surface area contributed by atoms with E-state index >= 15 is 0 Å². The van der Waals surface area contributed by atoms with E-state index in [1.54, 1.807) is 42.5 Å². The summed E-state index contributed by atoms with van der Waals surface area (Å²) in [5.41, 5.74) is 2.16. The van der Waals surface area contributed by atoms with Crippen LogP contribution in [0.5, 0.6) is 11.5 Å². The number of rotatable bonds is 5. The van der Waals surface area contributed by atoms with Gasteiger partial charge in [0.1, 0.15) is 17.0 Å². The van der Waals surface area contributed by atoms with E-state index < -0.39 is 0 Å². The maximum Gasteiger partial charge on any atom is 0.262 e. The Labute approximate surface area is 165 Å². The Balaban J connectivity index is 1.48. The lowest BCUT2D eigenvalue weighted by Crippen LogP contribution is -2.20. The first-order valence-corrected chi connectivity index (χ1v) is 8.83. The zero-order chi connectivity index (χ0) is 19.5. The lowest BCUT2D eigenvalue weighted by molar-refractivity contribution is -0.118. The number of amides is 1. The molecule has 0 saturated heterocycles. The molecule has 0 spiro atoms. The number of hydrogen-bond donors (Lipinski definition) is 2. The summed E-state index contributed by atoms with van der Waals surface area (Å²) in [6.45, 7) is -0.166. The smallest absolute Gasteiger partial charge is 0.262 e. The normalized spacial score (nSPS) is 10.8. The van der Waals surface area contributed by atoms with Gasteiger partial charge in [-0.3, -0.25) is 4.79 Å². The van der Waals surface area contributed by atoms with Gasteiger partial charge in [-0.15, -0.1) is 0 Å². The van der Waals surface area contributed by atoms with Crippen LogP contribution in [0.3, 0.4) is 0 Å². The molecule has 0 fully saturated rings. The van der Waals surface area contributed by atoms with Crippen molar-refractivity contribution in [1.82, 2.24) is 4.98 Å². The Morgan fingerprint density at radius 2 is 1.89 bits per heavy atom. The second-order valence-electron chi connectivity index (χ2n) is 6.01. The highest BCUT2D eigenvalue weighted by molar-refractivity contribution is 6.30. The number of phenols is 1. The largest absolute Gasteiger partial charge is 0.507 e. The quantitative estimate of drug-likeness (QED) is 0.472. The summed E-state index contributed by atoms with van der Waals surface area (Å²) in [6, 6.07) is 18.7. The van der Waals surface area contributed by atoms with Crippen LogP contribution in [0.25, 0.3) is 22.6 Å². The molecule has 28 heavy (non-hydrogen) atoms. The van der Waals surface area contributed by atoms with Gasteiger partial charge in [-0.1, -0.05) is 23.7 Å². The molecule has 1 aromatic heterocycles. The number of nitrogens with one attached hydrogen (secondary N) is 1. The van der Waals surface area contributed by atoms with Crippen molar-refractivity contribution >= 4 is 34.3 Å². The first-order valence-electron chi connectivity index (χ1n) is 8.46. The molecule has 140 valence electrons. The number of phenolic OH excluding ortho intramolecular Hbond substituents is 1. The molecular weight excluding hydrogens is 380 g/mol. The van der Waals surface area contributed by atoms with Crippen molar-refractivity contribution in [3.63, 3.8) is 0 Å². The minimum absolute atomic E-state index is 0.00182. The number of hydrogen-bond acceptors (Lipinski definition) is 5. The van der Waals surface area contributed by atoms with Crippen molar-refractivity contribution < 1.29 is 19.1 Å². The number of ether oxygens (including phenoxy) is 1. The van der Waals surface area contributed by atoms with E-state index in [4.69, 9.17) is 20.8 Å². The van der Waals surface area contributed by atoms with E-state index in [1.165, 1.54) is 6.07 Å². The minimum Gasteiger partial charge on any atom is -0.507 e. The Hall–Kier alpha value is -3.51. The minimum atomic E-state index is -0.343. The molecule has 6 nitrogen and oxygen atoms in total. The van der Waals surface area contributed by atoms with Crippen LogP contribution < -0.4 is 10.1 Å². The topological polar surface area (TPSA) is 84.6 Å². The number of aromatic hydroxyl groups is 1. The monoisotopic (exact) mass is 394 g/mol. The highest BCUT2D eigenvalue weighted by atomic mass is 35.5. The third kappa shape index (κ3) is 3.92. The summed E-state index contributed by atoms with van der Waals surface area (Å²) in [5, 5.41) is 13.5. The zero-order valence-electron chi connectivity index (χ0n) is 14.6. The van der Waals surface area contributed by atoms with Gasteiger partial charge in [0, 0.05) is 10.7 Å². The standard InChI is InChI=1S/C21H15ClN2O4/c22-13-5-8-15(9-6-13)27-12-20(26)23-14-7-10-18(25)16(11-14)21-24-17-3-1-2-4-19(17)28-21/h1-11,25H,12H2,(H,23,26). The predicted octanol–water partition coefficient (Wildman–Crippen LogP) is 4.87. The van der Waals surface area contributed by atoms with Crippen LogP contribution in [0.15, 0.2) is 71.1 Å². The number of carbonyl (C=O) groups is 1. The average molecular weight is 395 g/mol. The maximum absolute atomic E-state index is 12.2. The van der Waals surface area contributed by atoms with Crippen LogP contribution in [-0.4, -0.2) is 22.6 Å². The Bertz CT molecular complexity index is 1110. The third-order valence-electron chi connectivity index (χ3n) is 3.99. The SMILES string of the molecule is O=C(COc1ccc(Cl)cc1)Nc1ccc(O)c(-c2nc3ccccc3o2)c1. The van der Waals surface area contributed by atoms with Gasteiger partial charge in [-0.2, -0.15) is 0 Å². The molecule has 3 aromatic carbocycles. The summed E-state index contributed by atoms with van der Waals surface area (Å²) < 4.78 is 11.1. The molecule has 4 rings (SSSR count). The van der Waals surface area contributed by atoms with Gasteiger partial charge in [0.2, 0.25) is 5.89 Å². The fourth-order valence-electron chi connectivity index (χ4n) is 2.65. The fourth-order valence-corrected chi connectivity index (χ4v) is 2.78. The molecule has 0 atom stereocenters. The van der Waals surface area contributed by atoms with Crippen molar-refractivity contribution in [1.29, 1.82) is 0 Å². The molecule has 0 saturated carbocycles. The molecule has 0 unspecified atom stereocenters. The number of aromatic nitrogens is 1. The zero-order valence-corrected chi connectivity index (χ0v) is 15.3. The van der Waals surface area contributed by atoms with Gasteiger partial charge in [-0.05, 0) is 54.6 Å². The van der Waals surface area contributed by atoms with Gasteiger partial charge >= 0.3 is 0 Å². The first-order chi connectivity index (χ1) is 13.6. The van der Waals surface area contributed by atoms with E-state index in [9.17, 15) is 9.90 Å². The number of anilines is 1. The van der Waals surface area contributed by atoms with Crippen LogP contribution in [-0.2, 0) is 4.79 Å². The number of fused-ring (bicyclic) bond motifs is 1. The van der Waals surface area contributed by atoms with E-state index in [0.29, 0.717) is 33.1 Å². The molecule has 0 bridgehead atoms. The van der Waals surface area contributed by atoms with E-state index in [-0.39, 0.29) is 24.2 Å². The van der Waals surface area contributed by atoms with E-state index in [2.05, 4.69) is 10.3 Å². The van der Waals surface area contributed by atoms with Gasteiger partial charge < -0.3 is 19.6 Å². The van der Waals surface area contributed by atoms with E-state index in [0.717, 1.165) is 0 Å². The molecule has 7 heteroatoms. The summed E-state index contributed by atoms with van der Waals surface area (Å²) in [6.07, 6.45) is 0. The van der Waals surface area contributed by atoms with Crippen molar-refractivity contribution in [3.05, 3.63) is 71.8 Å². The Kier molecular flexibility index (Phi) is 4.87. The first kappa shape index (κ1) is 17.9. The van der Waals surface area contributed by atoms with Crippen LogP contribution in [0.2, 0.25) is 5.02 Å². The summed E-state index contributed by atoms with van der Waals surface area (Å²) >= 11 is 5.82. The second-order valence-corrected chi connectivity index (χ2v) is 6.45. The maximum atomic E-state index is 12.2. The van der Waals surface area contributed by atoms with Crippen molar-refractivity contribution in [2.45, 2.75) is 0 Å². The van der Waals surface area contributed by atoms with Crippen LogP contribution in [0.4, 0.5) is 5.69 Å². The fraction of sp³-hybridized carbons (Fsp3) is 0.0476. The molecule has 1 amide bonds. The molecule has 1 heterocycles. The number of para-hydroxylation sites is 2. The molecule has 2 N–H and O–H groups in total. The highest BCUT2D eigenvalue weighted by Gasteiger charge is 2.14. The highest BCUT2D eigenvalue weighted by Crippen LogP contribution is 2.33. The molecule has 4 aromatic rings. The molecule has 0 radical (unpaired) electrons. The van der Waals surface area contributed by atoms with E-state index in [1.807, 2.05) is 18.2 Å². The molecule has 0 aliphatic carbocycles. The second kappa shape index (κ2) is 7.62. The van der Waals surface area contributed by atoms with Gasteiger partial charge in [-0.25, -0.2) is 4.98 Å². The summed E-state index contributed by atoms with van der Waals surface area (Å²) in [7, 11) is 0. The molecular formula is C21H15ClN2O4. The third-order valence-corrected chi connectivity index (χ3v) is 4.24. The lowest BCUT2D eigenvalue weighted by atomic mass is 10.1. The molecule has 0 aliphatic rings. The van der Waals surface area contributed by atoms with Crippen LogP contribution in [0, 0.1) is 0 Å². The number of carbonyl (C=O) groups excluding carboxylic acids is 1. The summed E-state index contributed by atoms with van der Waals surface area (Å²) in [4.78, 5) is 16.5. The lowest BCUT2D eigenvalue weighted by Gasteiger charge is -2.09. The predicted molar refractivity (Wildman–Crippen MR) is 107 cm³/mol. The number of nitrogens with zero attached hydrogens (tertiary/aromatic N) is 1. The van der Waals surface area contributed by atoms with Gasteiger partial charge in [0.25, 0.3) is 5.91 Å².